The lowest BCUT2D eigenvalue weighted by atomic mass is 10.1. The van der Waals surface area contributed by atoms with Crippen molar-refractivity contribution in [1.82, 2.24) is 15.5 Å². The van der Waals surface area contributed by atoms with Gasteiger partial charge in [0.2, 0.25) is 17.6 Å². The molecule has 0 aliphatic heterocycles. The van der Waals surface area contributed by atoms with Gasteiger partial charge in [-0.3, -0.25) is 4.79 Å². The largest absolute Gasteiger partial charge is 0.461 e. The van der Waals surface area contributed by atoms with E-state index >= 15 is 0 Å². The molecule has 2 aromatic rings. The second-order valence-corrected chi connectivity index (χ2v) is 5.51. The molecule has 2 heterocycles. The van der Waals surface area contributed by atoms with Crippen LogP contribution in [0.15, 0.2) is 27.3 Å². The van der Waals surface area contributed by atoms with Crippen molar-refractivity contribution in [2.45, 2.75) is 38.1 Å². The number of nitrogens with one attached hydrogen (secondary N) is 1. The molecule has 3 rings (SSSR count). The molecule has 1 unspecified atom stereocenters. The summed E-state index contributed by atoms with van der Waals surface area (Å²) in [6.45, 7) is 0.0949. The number of furan rings is 1. The van der Waals surface area contributed by atoms with Crippen LogP contribution in [0.1, 0.15) is 31.6 Å². The van der Waals surface area contributed by atoms with E-state index in [2.05, 4.69) is 15.5 Å². The Balaban J connectivity index is 1.48. The standard InChI is InChI=1S/C15H19N3O4/c19-8-7-11(10-3-4-10)16-13(20)5-6-14-17-15(18-22-14)12-2-1-9-21-12/h1-2,9-11,19H,3-8H2,(H,16,20). The highest BCUT2D eigenvalue weighted by atomic mass is 16.5. The Kier molecular flexibility index (Phi) is 4.53. The maximum Gasteiger partial charge on any atom is 0.238 e. The third-order valence-corrected chi connectivity index (χ3v) is 3.75. The van der Waals surface area contributed by atoms with Crippen LogP contribution in [-0.4, -0.2) is 33.8 Å². The van der Waals surface area contributed by atoms with Crippen molar-refractivity contribution in [2.75, 3.05) is 6.61 Å². The summed E-state index contributed by atoms with van der Waals surface area (Å²) in [7, 11) is 0. The van der Waals surface area contributed by atoms with E-state index in [4.69, 9.17) is 14.0 Å². The molecular weight excluding hydrogens is 286 g/mol. The molecule has 0 saturated heterocycles. The number of carbonyl (C=O) groups is 1. The fraction of sp³-hybridized carbons (Fsp3) is 0.533. The van der Waals surface area contributed by atoms with Crippen molar-refractivity contribution in [1.29, 1.82) is 0 Å². The van der Waals surface area contributed by atoms with Crippen LogP contribution < -0.4 is 5.32 Å². The highest BCUT2D eigenvalue weighted by Gasteiger charge is 2.31. The van der Waals surface area contributed by atoms with Gasteiger partial charge in [0.15, 0.2) is 5.76 Å². The summed E-state index contributed by atoms with van der Waals surface area (Å²) >= 11 is 0. The number of aliphatic hydroxyl groups is 1. The Morgan fingerprint density at radius 3 is 3.05 bits per heavy atom. The van der Waals surface area contributed by atoms with Gasteiger partial charge in [0.25, 0.3) is 0 Å². The first-order chi connectivity index (χ1) is 10.8. The van der Waals surface area contributed by atoms with E-state index in [0.717, 1.165) is 12.8 Å². The molecule has 2 aromatic heterocycles. The van der Waals surface area contributed by atoms with Gasteiger partial charge in [0.05, 0.1) is 6.26 Å². The molecule has 0 bridgehead atoms. The van der Waals surface area contributed by atoms with E-state index in [1.54, 1.807) is 12.1 Å². The monoisotopic (exact) mass is 305 g/mol. The zero-order chi connectivity index (χ0) is 15.4. The van der Waals surface area contributed by atoms with Gasteiger partial charge < -0.3 is 19.4 Å². The Bertz CT molecular complexity index is 604. The number of carbonyl (C=O) groups excluding carboxylic acids is 1. The smallest absolute Gasteiger partial charge is 0.238 e. The van der Waals surface area contributed by atoms with Crippen molar-refractivity contribution in [2.24, 2.45) is 5.92 Å². The summed E-state index contributed by atoms with van der Waals surface area (Å²) in [5, 5.41) is 15.8. The molecule has 1 amide bonds. The number of aromatic nitrogens is 2. The SMILES string of the molecule is O=C(CCc1nc(-c2ccco2)no1)NC(CCO)C1CC1. The zero-order valence-corrected chi connectivity index (χ0v) is 12.2. The maximum absolute atomic E-state index is 12.0. The molecule has 0 aromatic carbocycles. The highest BCUT2D eigenvalue weighted by Crippen LogP contribution is 2.33. The van der Waals surface area contributed by atoms with Crippen molar-refractivity contribution < 1.29 is 18.8 Å². The number of nitrogens with zero attached hydrogens (tertiary/aromatic N) is 2. The van der Waals surface area contributed by atoms with Crippen LogP contribution in [0.25, 0.3) is 11.6 Å². The van der Waals surface area contributed by atoms with Crippen LogP contribution in [0, 0.1) is 5.92 Å². The molecule has 1 aliphatic carbocycles. The molecule has 2 N–H and O–H groups in total. The third kappa shape index (κ3) is 3.73. The molecular formula is C15H19N3O4. The van der Waals surface area contributed by atoms with Crippen molar-refractivity contribution >= 4 is 5.91 Å². The molecule has 1 saturated carbocycles. The molecule has 7 heteroatoms. The Morgan fingerprint density at radius 2 is 2.36 bits per heavy atom. The van der Waals surface area contributed by atoms with E-state index in [1.807, 2.05) is 0 Å². The van der Waals surface area contributed by atoms with E-state index in [-0.39, 0.29) is 25.0 Å². The number of aryl methyl sites for hydroxylation is 1. The minimum absolute atomic E-state index is 0.0527. The molecule has 0 spiro atoms. The van der Waals surface area contributed by atoms with Gasteiger partial charge in [-0.15, -0.1) is 0 Å². The van der Waals surface area contributed by atoms with E-state index < -0.39 is 0 Å². The van der Waals surface area contributed by atoms with Crippen molar-refractivity contribution in [3.8, 4) is 11.6 Å². The topological polar surface area (TPSA) is 101 Å². The van der Waals surface area contributed by atoms with Crippen LogP contribution in [0.5, 0.6) is 0 Å². The van der Waals surface area contributed by atoms with Gasteiger partial charge in [-0.1, -0.05) is 5.16 Å². The van der Waals surface area contributed by atoms with E-state index in [1.165, 1.54) is 6.26 Å². The second-order valence-electron chi connectivity index (χ2n) is 5.51. The number of hydrogen-bond donors (Lipinski definition) is 2. The molecule has 1 aliphatic rings. The summed E-state index contributed by atoms with van der Waals surface area (Å²) in [5.74, 6) is 1.80. The number of hydrogen-bond acceptors (Lipinski definition) is 6. The van der Waals surface area contributed by atoms with E-state index in [0.29, 0.717) is 36.2 Å². The summed E-state index contributed by atoms with van der Waals surface area (Å²) in [5.41, 5.74) is 0. The highest BCUT2D eigenvalue weighted by molar-refractivity contribution is 5.76. The summed E-state index contributed by atoms with van der Waals surface area (Å²) in [6.07, 6.45) is 5.07. The quantitative estimate of drug-likeness (QED) is 0.767. The van der Waals surface area contributed by atoms with Crippen molar-refractivity contribution in [3.05, 3.63) is 24.3 Å². The fourth-order valence-corrected chi connectivity index (χ4v) is 2.43. The average molecular weight is 305 g/mol. The fourth-order valence-electron chi connectivity index (χ4n) is 2.43. The van der Waals surface area contributed by atoms with Crippen LogP contribution in [0.3, 0.4) is 0 Å². The van der Waals surface area contributed by atoms with Gasteiger partial charge in [0, 0.05) is 25.5 Å². The van der Waals surface area contributed by atoms with Gasteiger partial charge in [-0.2, -0.15) is 4.98 Å². The van der Waals surface area contributed by atoms with Gasteiger partial charge >= 0.3 is 0 Å². The summed E-state index contributed by atoms with van der Waals surface area (Å²) in [4.78, 5) is 16.2. The van der Waals surface area contributed by atoms with Crippen LogP contribution in [0.4, 0.5) is 0 Å². The van der Waals surface area contributed by atoms with Crippen molar-refractivity contribution in [3.63, 3.8) is 0 Å². The molecule has 22 heavy (non-hydrogen) atoms. The second kappa shape index (κ2) is 6.74. The Morgan fingerprint density at radius 1 is 1.50 bits per heavy atom. The number of aliphatic hydroxyl groups excluding tert-OH is 1. The van der Waals surface area contributed by atoms with Gasteiger partial charge in [-0.05, 0) is 37.3 Å². The third-order valence-electron chi connectivity index (χ3n) is 3.75. The lowest BCUT2D eigenvalue weighted by molar-refractivity contribution is -0.122. The first-order valence-corrected chi connectivity index (χ1v) is 7.53. The Labute approximate surface area is 127 Å². The molecule has 0 radical (unpaired) electrons. The maximum atomic E-state index is 12.0. The van der Waals surface area contributed by atoms with Crippen LogP contribution in [-0.2, 0) is 11.2 Å². The summed E-state index contributed by atoms with van der Waals surface area (Å²) in [6, 6.07) is 3.58. The average Bonchev–Trinajstić information content (AvgIpc) is 3.02. The summed E-state index contributed by atoms with van der Waals surface area (Å²) < 4.78 is 10.3. The molecule has 7 nitrogen and oxygen atoms in total. The molecule has 1 atom stereocenters. The van der Waals surface area contributed by atoms with Gasteiger partial charge in [-0.25, -0.2) is 0 Å². The zero-order valence-electron chi connectivity index (χ0n) is 12.2. The lowest BCUT2D eigenvalue weighted by Crippen LogP contribution is -2.37. The minimum atomic E-state index is -0.0527. The molecule has 118 valence electrons. The van der Waals surface area contributed by atoms with E-state index in [9.17, 15) is 4.79 Å². The van der Waals surface area contributed by atoms with Crippen LogP contribution in [0.2, 0.25) is 0 Å². The normalized spacial score (nSPS) is 15.7. The van der Waals surface area contributed by atoms with Crippen LogP contribution >= 0.6 is 0 Å². The lowest BCUT2D eigenvalue weighted by Gasteiger charge is -2.16. The predicted molar refractivity (Wildman–Crippen MR) is 76.7 cm³/mol. The Hall–Kier alpha value is -2.15. The first kappa shape index (κ1) is 14.8. The first-order valence-electron chi connectivity index (χ1n) is 7.53. The van der Waals surface area contributed by atoms with Gasteiger partial charge in [0.1, 0.15) is 0 Å². The number of amides is 1. The minimum Gasteiger partial charge on any atom is -0.461 e. The number of rotatable bonds is 8. The predicted octanol–water partition coefficient (Wildman–Crippen LogP) is 1.54. The molecule has 1 fully saturated rings.